The highest BCUT2D eigenvalue weighted by Gasteiger charge is 2.17. The van der Waals surface area contributed by atoms with Gasteiger partial charge in [-0.2, -0.15) is 0 Å². The predicted molar refractivity (Wildman–Crippen MR) is 95.1 cm³/mol. The van der Waals surface area contributed by atoms with Crippen molar-refractivity contribution >= 4 is 23.4 Å². The molecule has 0 saturated carbocycles. The van der Waals surface area contributed by atoms with Gasteiger partial charge in [0.2, 0.25) is 0 Å². The van der Waals surface area contributed by atoms with Crippen LogP contribution in [0, 0.1) is 6.92 Å². The van der Waals surface area contributed by atoms with Gasteiger partial charge in [-0.05, 0) is 45.9 Å². The zero-order valence-corrected chi connectivity index (χ0v) is 15.0. The fourth-order valence-corrected chi connectivity index (χ4v) is 2.14. The highest BCUT2D eigenvalue weighted by molar-refractivity contribution is 5.93. The van der Waals surface area contributed by atoms with E-state index >= 15 is 0 Å². The van der Waals surface area contributed by atoms with E-state index in [1.165, 1.54) is 7.11 Å². The van der Waals surface area contributed by atoms with Crippen LogP contribution in [0.2, 0.25) is 0 Å². The minimum absolute atomic E-state index is 0.272. The summed E-state index contributed by atoms with van der Waals surface area (Å²) in [6, 6.07) is 8.40. The van der Waals surface area contributed by atoms with E-state index in [9.17, 15) is 9.59 Å². The van der Waals surface area contributed by atoms with E-state index in [4.69, 9.17) is 4.74 Å². The van der Waals surface area contributed by atoms with Crippen molar-refractivity contribution in [2.45, 2.75) is 33.2 Å². The van der Waals surface area contributed by atoms with Gasteiger partial charge in [0.15, 0.2) is 0 Å². The Morgan fingerprint density at radius 2 is 1.84 bits per heavy atom. The standard InChI is InChI=1S/C18H22N4O3/c1-11-19-14(16(23)22-18(2,3)4)10-15(20-11)21-13-8-6-7-12(9-13)17(24)25-5/h6-10H,1-5H3,(H,22,23)(H,19,20,21). The summed E-state index contributed by atoms with van der Waals surface area (Å²) in [5.41, 5.74) is 0.986. The van der Waals surface area contributed by atoms with Crippen LogP contribution in [-0.2, 0) is 4.74 Å². The van der Waals surface area contributed by atoms with Crippen molar-refractivity contribution in [3.8, 4) is 0 Å². The molecule has 1 aromatic carbocycles. The molecule has 132 valence electrons. The number of carbonyl (C=O) groups is 2. The number of hydrogen-bond donors (Lipinski definition) is 2. The van der Waals surface area contributed by atoms with Crippen molar-refractivity contribution in [3.05, 3.63) is 47.4 Å². The van der Waals surface area contributed by atoms with Crippen LogP contribution in [0.15, 0.2) is 30.3 Å². The first-order valence-corrected chi connectivity index (χ1v) is 7.81. The summed E-state index contributed by atoms with van der Waals surface area (Å²) in [4.78, 5) is 32.4. The molecule has 2 N–H and O–H groups in total. The highest BCUT2D eigenvalue weighted by atomic mass is 16.5. The summed E-state index contributed by atoms with van der Waals surface area (Å²) in [6.45, 7) is 7.41. The van der Waals surface area contributed by atoms with E-state index < -0.39 is 5.97 Å². The normalized spacial score (nSPS) is 10.9. The Labute approximate surface area is 146 Å². The molecule has 0 aliphatic carbocycles. The Balaban J connectivity index is 2.26. The average molecular weight is 342 g/mol. The molecule has 1 aromatic heterocycles. The van der Waals surface area contributed by atoms with Crippen LogP contribution in [0.5, 0.6) is 0 Å². The molecule has 0 aliphatic rings. The van der Waals surface area contributed by atoms with E-state index in [1.807, 2.05) is 20.8 Å². The van der Waals surface area contributed by atoms with Crippen LogP contribution >= 0.6 is 0 Å². The van der Waals surface area contributed by atoms with Crippen molar-refractivity contribution < 1.29 is 14.3 Å². The maximum atomic E-state index is 12.3. The first-order chi connectivity index (χ1) is 11.7. The predicted octanol–water partition coefficient (Wildman–Crippen LogP) is 2.84. The van der Waals surface area contributed by atoms with Gasteiger partial charge >= 0.3 is 5.97 Å². The Morgan fingerprint density at radius 3 is 2.48 bits per heavy atom. The zero-order valence-electron chi connectivity index (χ0n) is 15.0. The average Bonchev–Trinajstić information content (AvgIpc) is 2.52. The van der Waals surface area contributed by atoms with E-state index in [0.717, 1.165) is 0 Å². The van der Waals surface area contributed by atoms with Crippen LogP contribution in [0.25, 0.3) is 0 Å². The molecular weight excluding hydrogens is 320 g/mol. The molecule has 7 nitrogen and oxygen atoms in total. The Morgan fingerprint density at radius 1 is 1.12 bits per heavy atom. The van der Waals surface area contributed by atoms with Gasteiger partial charge in [-0.25, -0.2) is 14.8 Å². The van der Waals surface area contributed by atoms with Crippen molar-refractivity contribution in [2.75, 3.05) is 12.4 Å². The Kier molecular flexibility index (Phi) is 5.36. The molecule has 0 atom stereocenters. The Bertz CT molecular complexity index is 797. The number of benzene rings is 1. The smallest absolute Gasteiger partial charge is 0.337 e. The molecule has 1 amide bonds. The van der Waals surface area contributed by atoms with Gasteiger partial charge in [-0.1, -0.05) is 6.07 Å². The summed E-state index contributed by atoms with van der Waals surface area (Å²) in [7, 11) is 1.33. The first-order valence-electron chi connectivity index (χ1n) is 7.81. The monoisotopic (exact) mass is 342 g/mol. The summed E-state index contributed by atoms with van der Waals surface area (Å²) >= 11 is 0. The van der Waals surface area contributed by atoms with Crippen LogP contribution < -0.4 is 10.6 Å². The lowest BCUT2D eigenvalue weighted by molar-refractivity contribution is 0.0600. The third kappa shape index (κ3) is 5.27. The number of rotatable bonds is 4. The number of aromatic nitrogens is 2. The van der Waals surface area contributed by atoms with Gasteiger partial charge < -0.3 is 15.4 Å². The molecule has 2 aromatic rings. The van der Waals surface area contributed by atoms with Crippen molar-refractivity contribution in [1.82, 2.24) is 15.3 Å². The molecule has 0 unspecified atom stereocenters. The van der Waals surface area contributed by atoms with Gasteiger partial charge in [0.1, 0.15) is 17.3 Å². The summed E-state index contributed by atoms with van der Waals surface area (Å²) in [5.74, 6) is 0.235. The van der Waals surface area contributed by atoms with Gasteiger partial charge in [-0.15, -0.1) is 0 Å². The van der Waals surface area contributed by atoms with Crippen molar-refractivity contribution in [1.29, 1.82) is 0 Å². The molecule has 0 radical (unpaired) electrons. The lowest BCUT2D eigenvalue weighted by atomic mass is 10.1. The highest BCUT2D eigenvalue weighted by Crippen LogP contribution is 2.18. The molecule has 1 heterocycles. The molecule has 2 rings (SSSR count). The van der Waals surface area contributed by atoms with E-state index in [2.05, 4.69) is 20.6 Å². The SMILES string of the molecule is COC(=O)c1cccc(Nc2cc(C(=O)NC(C)(C)C)nc(C)n2)c1. The number of hydrogen-bond acceptors (Lipinski definition) is 6. The molecule has 0 spiro atoms. The molecule has 0 fully saturated rings. The maximum absolute atomic E-state index is 12.3. The fourth-order valence-electron chi connectivity index (χ4n) is 2.14. The number of aryl methyl sites for hydroxylation is 1. The molecule has 7 heteroatoms. The lowest BCUT2D eigenvalue weighted by Gasteiger charge is -2.20. The van der Waals surface area contributed by atoms with Gasteiger partial charge in [-0.3, -0.25) is 4.79 Å². The quantitative estimate of drug-likeness (QED) is 0.830. The number of anilines is 2. The second-order valence-corrected chi connectivity index (χ2v) is 6.59. The third-order valence-electron chi connectivity index (χ3n) is 3.12. The van der Waals surface area contributed by atoms with E-state index in [-0.39, 0.29) is 17.1 Å². The maximum Gasteiger partial charge on any atom is 0.337 e. The summed E-state index contributed by atoms with van der Waals surface area (Å²) < 4.78 is 4.71. The number of ether oxygens (including phenoxy) is 1. The number of carbonyl (C=O) groups excluding carboxylic acids is 2. The zero-order chi connectivity index (χ0) is 18.6. The minimum atomic E-state index is -0.423. The third-order valence-corrected chi connectivity index (χ3v) is 3.12. The summed E-state index contributed by atoms with van der Waals surface area (Å²) in [5, 5.41) is 5.95. The van der Waals surface area contributed by atoms with Crippen LogP contribution in [0.3, 0.4) is 0 Å². The lowest BCUT2D eigenvalue weighted by Crippen LogP contribution is -2.41. The van der Waals surface area contributed by atoms with E-state index in [0.29, 0.717) is 22.9 Å². The van der Waals surface area contributed by atoms with Crippen molar-refractivity contribution in [3.63, 3.8) is 0 Å². The number of nitrogens with zero attached hydrogens (tertiary/aromatic N) is 2. The molecular formula is C18H22N4O3. The summed E-state index contributed by atoms with van der Waals surface area (Å²) in [6.07, 6.45) is 0. The largest absolute Gasteiger partial charge is 0.465 e. The van der Waals surface area contributed by atoms with Crippen LogP contribution in [-0.4, -0.2) is 34.5 Å². The second-order valence-electron chi connectivity index (χ2n) is 6.59. The van der Waals surface area contributed by atoms with E-state index in [1.54, 1.807) is 37.3 Å². The molecule has 0 bridgehead atoms. The topological polar surface area (TPSA) is 93.2 Å². The number of amides is 1. The second kappa shape index (κ2) is 7.29. The van der Waals surface area contributed by atoms with Gasteiger partial charge in [0.25, 0.3) is 5.91 Å². The van der Waals surface area contributed by atoms with Crippen LogP contribution in [0.4, 0.5) is 11.5 Å². The van der Waals surface area contributed by atoms with Gasteiger partial charge in [0.05, 0.1) is 12.7 Å². The molecule has 0 saturated heterocycles. The first kappa shape index (κ1) is 18.4. The molecule has 0 aliphatic heterocycles. The minimum Gasteiger partial charge on any atom is -0.465 e. The number of esters is 1. The molecule has 25 heavy (non-hydrogen) atoms. The fraction of sp³-hybridized carbons (Fsp3) is 0.333. The van der Waals surface area contributed by atoms with Crippen LogP contribution in [0.1, 0.15) is 47.4 Å². The van der Waals surface area contributed by atoms with Crippen molar-refractivity contribution in [2.24, 2.45) is 0 Å². The number of nitrogens with one attached hydrogen (secondary N) is 2. The Hall–Kier alpha value is -2.96. The van der Waals surface area contributed by atoms with Gasteiger partial charge in [0, 0.05) is 17.3 Å². The number of methoxy groups -OCH3 is 1.